The molecule has 6 nitrogen and oxygen atoms in total. The molecule has 1 heterocycles. The number of hydrogen-bond donors (Lipinski definition) is 0. The molecule has 2 aromatic rings. The van der Waals surface area contributed by atoms with Gasteiger partial charge in [0, 0.05) is 37.8 Å². The highest BCUT2D eigenvalue weighted by molar-refractivity contribution is 7.89. The summed E-state index contributed by atoms with van der Waals surface area (Å²) in [5.41, 5.74) is 0.777. The molecule has 8 heteroatoms. The second-order valence-electron chi connectivity index (χ2n) is 6.24. The summed E-state index contributed by atoms with van der Waals surface area (Å²) in [6.07, 6.45) is 3.11. The second kappa shape index (κ2) is 8.53. The van der Waals surface area contributed by atoms with Crippen LogP contribution in [0.2, 0.25) is 0 Å². The number of nitrogens with zero attached hydrogens (tertiary/aromatic N) is 2. The summed E-state index contributed by atoms with van der Waals surface area (Å²) in [7, 11) is -2.36. The van der Waals surface area contributed by atoms with Crippen molar-refractivity contribution in [1.29, 1.82) is 0 Å². The van der Waals surface area contributed by atoms with Crippen LogP contribution in [0, 0.1) is 5.82 Å². The Hall–Kier alpha value is -2.71. The van der Waals surface area contributed by atoms with Gasteiger partial charge in [-0.1, -0.05) is 30.3 Å². The van der Waals surface area contributed by atoms with E-state index in [9.17, 15) is 17.6 Å². The highest BCUT2D eigenvalue weighted by Crippen LogP contribution is 2.21. The van der Waals surface area contributed by atoms with E-state index in [0.29, 0.717) is 5.75 Å². The Bertz CT molecular complexity index is 983. The number of halogens is 1. The first-order chi connectivity index (χ1) is 13.4. The van der Waals surface area contributed by atoms with Gasteiger partial charge >= 0.3 is 0 Å². The van der Waals surface area contributed by atoms with Crippen molar-refractivity contribution in [2.45, 2.75) is 4.90 Å². The molecule has 0 aliphatic carbocycles. The zero-order valence-corrected chi connectivity index (χ0v) is 16.2. The van der Waals surface area contributed by atoms with E-state index in [1.165, 1.54) is 28.6 Å². The number of rotatable bonds is 5. The number of carbonyl (C=O) groups is 1. The highest BCUT2D eigenvalue weighted by atomic mass is 32.2. The molecule has 2 aromatic carbocycles. The molecule has 0 saturated carbocycles. The van der Waals surface area contributed by atoms with Gasteiger partial charge in [-0.15, -0.1) is 0 Å². The smallest absolute Gasteiger partial charge is 0.246 e. The Morgan fingerprint density at radius 3 is 2.36 bits per heavy atom. The molecule has 0 radical (unpaired) electrons. The fraction of sp³-hybridized carbons (Fsp3) is 0.250. The Balaban J connectivity index is 1.64. The van der Waals surface area contributed by atoms with Crippen molar-refractivity contribution in [2.75, 3.05) is 33.3 Å². The van der Waals surface area contributed by atoms with Crippen LogP contribution in [-0.4, -0.2) is 56.8 Å². The summed E-state index contributed by atoms with van der Waals surface area (Å²) in [5.74, 6) is -0.332. The lowest BCUT2D eigenvalue weighted by atomic mass is 10.2. The monoisotopic (exact) mass is 404 g/mol. The number of para-hydroxylation sites is 1. The molecule has 0 aromatic heterocycles. The molecule has 3 rings (SSSR count). The van der Waals surface area contributed by atoms with Crippen LogP contribution in [0.4, 0.5) is 4.39 Å². The van der Waals surface area contributed by atoms with Crippen LogP contribution in [0.5, 0.6) is 5.75 Å². The average Bonchev–Trinajstić information content (AvgIpc) is 2.72. The largest absolute Gasteiger partial charge is 0.496 e. The third-order valence-electron chi connectivity index (χ3n) is 4.55. The molecule has 1 saturated heterocycles. The van der Waals surface area contributed by atoms with Gasteiger partial charge in [0.15, 0.2) is 0 Å². The fourth-order valence-corrected chi connectivity index (χ4v) is 4.50. The van der Waals surface area contributed by atoms with Crippen LogP contribution in [0.3, 0.4) is 0 Å². The maximum atomic E-state index is 13.9. The Kier molecular flexibility index (Phi) is 6.11. The minimum atomic E-state index is -3.92. The van der Waals surface area contributed by atoms with E-state index in [2.05, 4.69) is 0 Å². The Labute approximate surface area is 163 Å². The zero-order chi connectivity index (χ0) is 20.1. The van der Waals surface area contributed by atoms with Crippen molar-refractivity contribution in [1.82, 2.24) is 9.21 Å². The summed E-state index contributed by atoms with van der Waals surface area (Å²) < 4.78 is 45.6. The number of ether oxygens (including phenoxy) is 1. The SMILES string of the molecule is COc1ccccc1/C=C/C(=O)N1CCN(S(=O)(=O)c2ccccc2F)CC1. The topological polar surface area (TPSA) is 66.9 Å². The Morgan fingerprint density at radius 2 is 1.68 bits per heavy atom. The minimum absolute atomic E-state index is 0.116. The van der Waals surface area contributed by atoms with Gasteiger partial charge in [0.2, 0.25) is 15.9 Å². The molecule has 0 bridgehead atoms. The van der Waals surface area contributed by atoms with E-state index in [0.717, 1.165) is 11.6 Å². The van der Waals surface area contributed by atoms with Crippen LogP contribution < -0.4 is 4.74 Å². The first-order valence-electron chi connectivity index (χ1n) is 8.78. The van der Waals surface area contributed by atoms with Gasteiger partial charge in [-0.05, 0) is 24.3 Å². The van der Waals surface area contributed by atoms with E-state index in [4.69, 9.17) is 4.74 Å². The summed E-state index contributed by atoms with van der Waals surface area (Å²) in [4.78, 5) is 13.6. The van der Waals surface area contributed by atoms with Gasteiger partial charge in [-0.25, -0.2) is 12.8 Å². The summed E-state index contributed by atoms with van der Waals surface area (Å²) in [6.45, 7) is 0.710. The van der Waals surface area contributed by atoms with Crippen molar-refractivity contribution in [3.8, 4) is 5.75 Å². The number of amides is 1. The quantitative estimate of drug-likeness (QED) is 0.718. The summed E-state index contributed by atoms with van der Waals surface area (Å²) in [6, 6.07) is 12.6. The molecular formula is C20H21FN2O4S. The van der Waals surface area contributed by atoms with Crippen LogP contribution in [0.15, 0.2) is 59.5 Å². The molecule has 1 fully saturated rings. The van der Waals surface area contributed by atoms with E-state index in [1.54, 1.807) is 24.2 Å². The molecule has 0 N–H and O–H groups in total. The number of hydrogen-bond acceptors (Lipinski definition) is 4. The van der Waals surface area contributed by atoms with Gasteiger partial charge in [-0.3, -0.25) is 4.79 Å². The van der Waals surface area contributed by atoms with E-state index >= 15 is 0 Å². The predicted octanol–water partition coefficient (Wildman–Crippen LogP) is 2.38. The first-order valence-corrected chi connectivity index (χ1v) is 10.2. The standard InChI is InChI=1S/C20H21FN2O4S/c1-27-18-8-4-2-6-16(18)10-11-20(24)22-12-14-23(15-13-22)28(25,26)19-9-5-3-7-17(19)21/h2-11H,12-15H2,1H3/b11-10+. The maximum Gasteiger partial charge on any atom is 0.246 e. The van der Waals surface area contributed by atoms with Crippen LogP contribution in [0.1, 0.15) is 5.56 Å². The van der Waals surface area contributed by atoms with Crippen LogP contribution in [0.25, 0.3) is 6.08 Å². The molecule has 148 valence electrons. The number of methoxy groups -OCH3 is 1. The molecule has 0 atom stereocenters. The van der Waals surface area contributed by atoms with Gasteiger partial charge in [0.1, 0.15) is 16.5 Å². The molecule has 0 unspecified atom stereocenters. The zero-order valence-electron chi connectivity index (χ0n) is 15.4. The van der Waals surface area contributed by atoms with Crippen molar-refractivity contribution in [3.63, 3.8) is 0 Å². The van der Waals surface area contributed by atoms with E-state index < -0.39 is 15.8 Å². The van der Waals surface area contributed by atoms with Crippen molar-refractivity contribution in [3.05, 3.63) is 66.0 Å². The predicted molar refractivity (Wildman–Crippen MR) is 104 cm³/mol. The molecule has 1 aliphatic rings. The fourth-order valence-electron chi connectivity index (χ4n) is 3.01. The van der Waals surface area contributed by atoms with Gasteiger partial charge in [0.25, 0.3) is 0 Å². The Morgan fingerprint density at radius 1 is 1.04 bits per heavy atom. The van der Waals surface area contributed by atoms with Gasteiger partial charge in [-0.2, -0.15) is 4.31 Å². The van der Waals surface area contributed by atoms with Gasteiger partial charge in [0.05, 0.1) is 7.11 Å². The number of piperazine rings is 1. The van der Waals surface area contributed by atoms with E-state index in [-0.39, 0.29) is 37.0 Å². The van der Waals surface area contributed by atoms with Crippen molar-refractivity contribution >= 4 is 22.0 Å². The highest BCUT2D eigenvalue weighted by Gasteiger charge is 2.31. The van der Waals surface area contributed by atoms with E-state index in [1.807, 2.05) is 18.2 Å². The van der Waals surface area contributed by atoms with Crippen molar-refractivity contribution < 1.29 is 22.3 Å². The maximum absolute atomic E-state index is 13.9. The number of sulfonamides is 1. The summed E-state index contributed by atoms with van der Waals surface area (Å²) in [5, 5.41) is 0. The summed E-state index contributed by atoms with van der Waals surface area (Å²) >= 11 is 0. The molecule has 1 amide bonds. The van der Waals surface area contributed by atoms with Crippen LogP contribution in [-0.2, 0) is 14.8 Å². The normalized spacial score (nSPS) is 15.7. The lowest BCUT2D eigenvalue weighted by Crippen LogP contribution is -2.50. The van der Waals surface area contributed by atoms with Crippen LogP contribution >= 0.6 is 0 Å². The lowest BCUT2D eigenvalue weighted by Gasteiger charge is -2.33. The molecular weight excluding hydrogens is 383 g/mol. The van der Waals surface area contributed by atoms with Crippen molar-refractivity contribution in [2.24, 2.45) is 0 Å². The second-order valence-corrected chi connectivity index (χ2v) is 8.14. The first kappa shape index (κ1) is 20.0. The lowest BCUT2D eigenvalue weighted by molar-refractivity contribution is -0.127. The van der Waals surface area contributed by atoms with Gasteiger partial charge < -0.3 is 9.64 Å². The molecule has 28 heavy (non-hydrogen) atoms. The molecule has 1 aliphatic heterocycles. The third-order valence-corrected chi connectivity index (χ3v) is 6.48. The molecule has 0 spiro atoms. The minimum Gasteiger partial charge on any atom is -0.496 e. The average molecular weight is 404 g/mol. The number of carbonyl (C=O) groups excluding carboxylic acids is 1. The number of benzene rings is 2. The third kappa shape index (κ3) is 4.23.